The Morgan fingerprint density at radius 3 is 2.94 bits per heavy atom. The van der Waals surface area contributed by atoms with Crippen LogP contribution in [0.5, 0.6) is 5.75 Å². The van der Waals surface area contributed by atoms with Crippen molar-refractivity contribution in [3.05, 3.63) is 29.8 Å². The minimum absolute atomic E-state index is 0.258. The molecule has 0 bridgehead atoms. The number of methoxy groups -OCH3 is 1. The van der Waals surface area contributed by atoms with Crippen LogP contribution in [0.25, 0.3) is 0 Å². The predicted molar refractivity (Wildman–Crippen MR) is 72.7 cm³/mol. The third kappa shape index (κ3) is 3.03. The fourth-order valence-electron chi connectivity index (χ4n) is 2.80. The molecule has 0 aliphatic carbocycles. The zero-order chi connectivity index (χ0) is 13.0. The van der Waals surface area contributed by atoms with Gasteiger partial charge in [0.05, 0.1) is 13.7 Å². The first kappa shape index (κ1) is 13.4. The molecule has 1 aromatic carbocycles. The molecule has 0 aromatic heterocycles. The van der Waals surface area contributed by atoms with Crippen molar-refractivity contribution in [2.24, 2.45) is 0 Å². The SMILES string of the molecule is COc1cccc(CN2C(C)CCCC2CO)c1. The number of hydrogen-bond acceptors (Lipinski definition) is 3. The van der Waals surface area contributed by atoms with Crippen LogP contribution in [0.3, 0.4) is 0 Å². The molecule has 0 saturated carbocycles. The van der Waals surface area contributed by atoms with E-state index in [4.69, 9.17) is 4.74 Å². The minimum atomic E-state index is 0.258. The highest BCUT2D eigenvalue weighted by atomic mass is 16.5. The van der Waals surface area contributed by atoms with Gasteiger partial charge in [-0.3, -0.25) is 4.90 Å². The van der Waals surface area contributed by atoms with E-state index in [9.17, 15) is 5.11 Å². The molecule has 1 aliphatic heterocycles. The Balaban J connectivity index is 2.09. The van der Waals surface area contributed by atoms with E-state index in [1.165, 1.54) is 18.4 Å². The Labute approximate surface area is 109 Å². The van der Waals surface area contributed by atoms with Gasteiger partial charge in [0, 0.05) is 18.6 Å². The van der Waals surface area contributed by atoms with Crippen LogP contribution >= 0.6 is 0 Å². The second-order valence-electron chi connectivity index (χ2n) is 5.14. The minimum Gasteiger partial charge on any atom is -0.497 e. The van der Waals surface area contributed by atoms with E-state index in [0.717, 1.165) is 18.7 Å². The number of piperidine rings is 1. The standard InChI is InChI=1S/C15H23NO2/c1-12-5-3-7-14(11-17)16(12)10-13-6-4-8-15(9-13)18-2/h4,6,8-9,12,14,17H,3,5,7,10-11H2,1-2H3. The van der Waals surface area contributed by atoms with Crippen LogP contribution in [0.2, 0.25) is 0 Å². The summed E-state index contributed by atoms with van der Waals surface area (Å²) in [6.07, 6.45) is 3.55. The Morgan fingerprint density at radius 1 is 1.39 bits per heavy atom. The van der Waals surface area contributed by atoms with Crippen molar-refractivity contribution in [1.29, 1.82) is 0 Å². The maximum atomic E-state index is 9.49. The van der Waals surface area contributed by atoms with Crippen LogP contribution < -0.4 is 4.74 Å². The Kier molecular flexibility index (Phi) is 4.61. The highest BCUT2D eigenvalue weighted by Crippen LogP contribution is 2.25. The average molecular weight is 249 g/mol. The van der Waals surface area contributed by atoms with Crippen LogP contribution in [0.15, 0.2) is 24.3 Å². The molecule has 1 heterocycles. The fraction of sp³-hybridized carbons (Fsp3) is 0.600. The highest BCUT2D eigenvalue weighted by Gasteiger charge is 2.27. The highest BCUT2D eigenvalue weighted by molar-refractivity contribution is 5.28. The summed E-state index contributed by atoms with van der Waals surface area (Å²) >= 11 is 0. The predicted octanol–water partition coefficient (Wildman–Crippen LogP) is 2.43. The first-order valence-electron chi connectivity index (χ1n) is 6.74. The molecule has 3 heteroatoms. The monoisotopic (exact) mass is 249 g/mol. The number of nitrogens with zero attached hydrogens (tertiary/aromatic N) is 1. The van der Waals surface area contributed by atoms with Crippen molar-refractivity contribution < 1.29 is 9.84 Å². The molecular formula is C15H23NO2. The molecular weight excluding hydrogens is 226 g/mol. The van der Waals surface area contributed by atoms with E-state index in [-0.39, 0.29) is 6.61 Å². The Bertz CT molecular complexity index is 381. The van der Waals surface area contributed by atoms with Gasteiger partial charge in [-0.1, -0.05) is 18.6 Å². The normalized spacial score (nSPS) is 25.1. The average Bonchev–Trinajstić information content (AvgIpc) is 2.41. The lowest BCUT2D eigenvalue weighted by atomic mass is 9.96. The number of ether oxygens (including phenoxy) is 1. The van der Waals surface area contributed by atoms with Crippen LogP contribution in [0, 0.1) is 0 Å². The van der Waals surface area contributed by atoms with Gasteiger partial charge in [0.25, 0.3) is 0 Å². The van der Waals surface area contributed by atoms with Crippen LogP contribution in [0.4, 0.5) is 0 Å². The first-order valence-corrected chi connectivity index (χ1v) is 6.74. The number of aliphatic hydroxyl groups is 1. The van der Waals surface area contributed by atoms with Crippen molar-refractivity contribution in [1.82, 2.24) is 4.90 Å². The third-order valence-corrected chi connectivity index (χ3v) is 3.90. The molecule has 0 radical (unpaired) electrons. The van der Waals surface area contributed by atoms with Crippen molar-refractivity contribution in [2.45, 2.75) is 44.8 Å². The molecule has 2 atom stereocenters. The third-order valence-electron chi connectivity index (χ3n) is 3.90. The molecule has 1 aliphatic rings. The lowest BCUT2D eigenvalue weighted by molar-refractivity contribution is 0.0451. The first-order chi connectivity index (χ1) is 8.74. The topological polar surface area (TPSA) is 32.7 Å². The maximum Gasteiger partial charge on any atom is 0.119 e. The molecule has 1 aromatic rings. The summed E-state index contributed by atoms with van der Waals surface area (Å²) in [5, 5.41) is 9.49. The smallest absolute Gasteiger partial charge is 0.119 e. The van der Waals surface area contributed by atoms with Gasteiger partial charge in [-0.15, -0.1) is 0 Å². The zero-order valence-corrected chi connectivity index (χ0v) is 11.3. The van der Waals surface area contributed by atoms with E-state index in [2.05, 4.69) is 24.0 Å². The molecule has 3 nitrogen and oxygen atoms in total. The van der Waals surface area contributed by atoms with Gasteiger partial charge in [-0.05, 0) is 37.5 Å². The van der Waals surface area contributed by atoms with Gasteiger partial charge in [-0.2, -0.15) is 0 Å². The molecule has 0 amide bonds. The van der Waals surface area contributed by atoms with E-state index in [1.807, 2.05) is 12.1 Å². The molecule has 1 saturated heterocycles. The van der Waals surface area contributed by atoms with Crippen LogP contribution in [-0.2, 0) is 6.54 Å². The van der Waals surface area contributed by atoms with Crippen molar-refractivity contribution in [3.63, 3.8) is 0 Å². The van der Waals surface area contributed by atoms with Gasteiger partial charge in [0.2, 0.25) is 0 Å². The Hall–Kier alpha value is -1.06. The van der Waals surface area contributed by atoms with Gasteiger partial charge in [-0.25, -0.2) is 0 Å². The van der Waals surface area contributed by atoms with Gasteiger partial charge >= 0.3 is 0 Å². The van der Waals surface area contributed by atoms with Crippen LogP contribution in [-0.4, -0.2) is 35.8 Å². The molecule has 1 fully saturated rings. The summed E-state index contributed by atoms with van der Waals surface area (Å²) in [5.74, 6) is 0.901. The molecule has 2 rings (SSSR count). The van der Waals surface area contributed by atoms with Crippen molar-refractivity contribution in [3.8, 4) is 5.75 Å². The summed E-state index contributed by atoms with van der Waals surface area (Å²) < 4.78 is 5.26. The van der Waals surface area contributed by atoms with E-state index in [0.29, 0.717) is 12.1 Å². The number of rotatable bonds is 4. The van der Waals surface area contributed by atoms with Gasteiger partial charge in [0.15, 0.2) is 0 Å². The largest absolute Gasteiger partial charge is 0.497 e. The number of likely N-dealkylation sites (tertiary alicyclic amines) is 1. The second kappa shape index (κ2) is 6.21. The molecule has 100 valence electrons. The quantitative estimate of drug-likeness (QED) is 0.889. The summed E-state index contributed by atoms with van der Waals surface area (Å²) in [6.45, 7) is 3.40. The van der Waals surface area contributed by atoms with Crippen molar-refractivity contribution >= 4 is 0 Å². The maximum absolute atomic E-state index is 9.49. The van der Waals surface area contributed by atoms with E-state index >= 15 is 0 Å². The molecule has 0 spiro atoms. The lowest BCUT2D eigenvalue weighted by Crippen LogP contribution is -2.46. The molecule has 1 N–H and O–H groups in total. The molecule has 18 heavy (non-hydrogen) atoms. The van der Waals surface area contributed by atoms with Gasteiger partial charge < -0.3 is 9.84 Å². The summed E-state index contributed by atoms with van der Waals surface area (Å²) in [7, 11) is 1.69. The number of aliphatic hydroxyl groups excluding tert-OH is 1. The van der Waals surface area contributed by atoms with E-state index < -0.39 is 0 Å². The zero-order valence-electron chi connectivity index (χ0n) is 11.3. The number of hydrogen-bond donors (Lipinski definition) is 1. The van der Waals surface area contributed by atoms with Crippen LogP contribution in [0.1, 0.15) is 31.7 Å². The van der Waals surface area contributed by atoms with E-state index in [1.54, 1.807) is 7.11 Å². The number of benzene rings is 1. The Morgan fingerprint density at radius 2 is 2.22 bits per heavy atom. The summed E-state index contributed by atoms with van der Waals surface area (Å²) in [4.78, 5) is 2.41. The van der Waals surface area contributed by atoms with Crippen molar-refractivity contribution in [2.75, 3.05) is 13.7 Å². The second-order valence-corrected chi connectivity index (χ2v) is 5.14. The lowest BCUT2D eigenvalue weighted by Gasteiger charge is -2.40. The fourth-order valence-corrected chi connectivity index (χ4v) is 2.80. The summed E-state index contributed by atoms with van der Waals surface area (Å²) in [6, 6.07) is 9.04. The summed E-state index contributed by atoms with van der Waals surface area (Å²) in [5.41, 5.74) is 1.25. The molecule has 2 unspecified atom stereocenters. The van der Waals surface area contributed by atoms with Gasteiger partial charge in [0.1, 0.15) is 5.75 Å².